The first-order valence-electron chi connectivity index (χ1n) is 5.34. The minimum absolute atomic E-state index is 0.196. The Morgan fingerprint density at radius 2 is 2.20 bits per heavy atom. The summed E-state index contributed by atoms with van der Waals surface area (Å²) in [4.78, 5) is 0. The Morgan fingerprint density at radius 1 is 1.47 bits per heavy atom. The molecule has 0 bridgehead atoms. The van der Waals surface area contributed by atoms with Gasteiger partial charge in [-0.05, 0) is 43.5 Å². The van der Waals surface area contributed by atoms with Crippen LogP contribution < -0.4 is 5.32 Å². The quantitative estimate of drug-likeness (QED) is 0.833. The molecule has 1 aromatic carbocycles. The molecule has 82 valence electrons. The third-order valence-corrected chi connectivity index (χ3v) is 3.54. The minimum Gasteiger partial charge on any atom is -0.313 e. The van der Waals surface area contributed by atoms with Crippen molar-refractivity contribution >= 4 is 11.6 Å². The van der Waals surface area contributed by atoms with Gasteiger partial charge in [0.2, 0.25) is 0 Å². The lowest BCUT2D eigenvalue weighted by molar-refractivity contribution is 0.239. The van der Waals surface area contributed by atoms with E-state index in [4.69, 9.17) is 11.6 Å². The molecular formula is C12H15ClFN. The summed E-state index contributed by atoms with van der Waals surface area (Å²) in [7, 11) is 1.93. The maximum absolute atomic E-state index is 13.3. The maximum Gasteiger partial charge on any atom is 0.142 e. The highest BCUT2D eigenvalue weighted by Gasteiger charge is 2.27. The van der Waals surface area contributed by atoms with Gasteiger partial charge in [-0.2, -0.15) is 0 Å². The normalized spacial score (nSPS) is 18.6. The topological polar surface area (TPSA) is 12.0 Å². The molecule has 1 fully saturated rings. The first-order chi connectivity index (χ1) is 7.22. The third kappa shape index (κ3) is 2.16. The first kappa shape index (κ1) is 10.9. The standard InChI is InChI=1S/C12H15ClFN/c1-15-12(8-3-2-4-8)9-5-6-10(13)11(14)7-9/h5-8,12,15H,2-4H2,1H3. The van der Waals surface area contributed by atoms with Crippen molar-refractivity contribution in [2.45, 2.75) is 25.3 Å². The Kier molecular flexibility index (Phi) is 3.27. The van der Waals surface area contributed by atoms with E-state index in [9.17, 15) is 4.39 Å². The van der Waals surface area contributed by atoms with Gasteiger partial charge in [0.05, 0.1) is 5.02 Å². The molecule has 2 rings (SSSR count). The van der Waals surface area contributed by atoms with Crippen LogP contribution in [0.2, 0.25) is 5.02 Å². The van der Waals surface area contributed by atoms with Gasteiger partial charge in [-0.25, -0.2) is 4.39 Å². The van der Waals surface area contributed by atoms with E-state index in [0.717, 1.165) is 5.56 Å². The summed E-state index contributed by atoms with van der Waals surface area (Å²) in [6.07, 6.45) is 3.75. The number of hydrogen-bond donors (Lipinski definition) is 1. The molecule has 1 unspecified atom stereocenters. The molecule has 15 heavy (non-hydrogen) atoms. The molecule has 1 atom stereocenters. The summed E-state index contributed by atoms with van der Waals surface area (Å²) in [6.45, 7) is 0. The Balaban J connectivity index is 2.21. The van der Waals surface area contributed by atoms with Gasteiger partial charge in [-0.3, -0.25) is 0 Å². The summed E-state index contributed by atoms with van der Waals surface area (Å²) in [6, 6.07) is 5.35. The van der Waals surface area contributed by atoms with Crippen LogP contribution >= 0.6 is 11.6 Å². The Labute approximate surface area is 94.6 Å². The zero-order valence-corrected chi connectivity index (χ0v) is 9.52. The molecular weight excluding hydrogens is 213 g/mol. The molecule has 1 saturated carbocycles. The highest BCUT2D eigenvalue weighted by atomic mass is 35.5. The van der Waals surface area contributed by atoms with Crippen LogP contribution in [0.4, 0.5) is 4.39 Å². The predicted molar refractivity (Wildman–Crippen MR) is 60.6 cm³/mol. The van der Waals surface area contributed by atoms with Gasteiger partial charge in [0, 0.05) is 6.04 Å². The van der Waals surface area contributed by atoms with Crippen molar-refractivity contribution in [3.8, 4) is 0 Å². The van der Waals surface area contributed by atoms with Crippen LogP contribution in [0.1, 0.15) is 30.9 Å². The van der Waals surface area contributed by atoms with Gasteiger partial charge < -0.3 is 5.32 Å². The monoisotopic (exact) mass is 227 g/mol. The van der Waals surface area contributed by atoms with Crippen LogP contribution in [0, 0.1) is 11.7 Å². The minimum atomic E-state index is -0.325. The molecule has 0 amide bonds. The second-order valence-electron chi connectivity index (χ2n) is 4.13. The molecule has 0 heterocycles. The average Bonchev–Trinajstić information content (AvgIpc) is 2.16. The van der Waals surface area contributed by atoms with Crippen molar-refractivity contribution in [3.63, 3.8) is 0 Å². The van der Waals surface area contributed by atoms with Gasteiger partial charge in [-0.15, -0.1) is 0 Å². The molecule has 1 aliphatic rings. The summed E-state index contributed by atoms with van der Waals surface area (Å²) < 4.78 is 13.3. The van der Waals surface area contributed by atoms with E-state index in [1.807, 2.05) is 13.1 Å². The smallest absolute Gasteiger partial charge is 0.142 e. The van der Waals surface area contributed by atoms with Crippen LogP contribution in [0.5, 0.6) is 0 Å². The summed E-state index contributed by atoms with van der Waals surface area (Å²) >= 11 is 5.66. The van der Waals surface area contributed by atoms with Crippen LogP contribution in [0.3, 0.4) is 0 Å². The fourth-order valence-electron chi connectivity index (χ4n) is 2.15. The van der Waals surface area contributed by atoms with E-state index < -0.39 is 0 Å². The molecule has 3 heteroatoms. The number of benzene rings is 1. The van der Waals surface area contributed by atoms with Gasteiger partial charge in [0.25, 0.3) is 0 Å². The van der Waals surface area contributed by atoms with Crippen molar-refractivity contribution < 1.29 is 4.39 Å². The SMILES string of the molecule is CNC(c1ccc(Cl)c(F)c1)C1CCC1. The van der Waals surface area contributed by atoms with E-state index >= 15 is 0 Å². The van der Waals surface area contributed by atoms with Crippen LogP contribution in [-0.2, 0) is 0 Å². The summed E-state index contributed by atoms with van der Waals surface area (Å²) in [5.74, 6) is 0.323. The van der Waals surface area contributed by atoms with E-state index in [1.54, 1.807) is 12.1 Å². The third-order valence-electron chi connectivity index (χ3n) is 3.24. The van der Waals surface area contributed by atoms with Crippen molar-refractivity contribution in [1.29, 1.82) is 0 Å². The fourth-order valence-corrected chi connectivity index (χ4v) is 2.27. The highest BCUT2D eigenvalue weighted by molar-refractivity contribution is 6.30. The summed E-state index contributed by atoms with van der Waals surface area (Å²) in [5, 5.41) is 3.45. The van der Waals surface area contributed by atoms with Gasteiger partial charge >= 0.3 is 0 Å². The molecule has 0 saturated heterocycles. The lowest BCUT2D eigenvalue weighted by atomic mass is 9.77. The average molecular weight is 228 g/mol. The molecule has 1 N–H and O–H groups in total. The Hall–Kier alpha value is -0.600. The Morgan fingerprint density at radius 3 is 2.67 bits per heavy atom. The Bertz CT molecular complexity index is 349. The first-order valence-corrected chi connectivity index (χ1v) is 5.72. The molecule has 0 aromatic heterocycles. The summed E-state index contributed by atoms with van der Waals surface area (Å²) in [5.41, 5.74) is 1.00. The molecule has 0 aliphatic heterocycles. The van der Waals surface area contributed by atoms with Gasteiger partial charge in [-0.1, -0.05) is 24.1 Å². The largest absolute Gasteiger partial charge is 0.313 e. The second kappa shape index (κ2) is 4.50. The zero-order valence-electron chi connectivity index (χ0n) is 8.76. The van der Waals surface area contributed by atoms with Crippen molar-refractivity contribution in [3.05, 3.63) is 34.6 Å². The van der Waals surface area contributed by atoms with E-state index in [2.05, 4.69) is 5.32 Å². The second-order valence-corrected chi connectivity index (χ2v) is 4.54. The maximum atomic E-state index is 13.3. The van der Waals surface area contributed by atoms with Crippen molar-refractivity contribution in [2.75, 3.05) is 7.05 Å². The van der Waals surface area contributed by atoms with Crippen LogP contribution in [0.25, 0.3) is 0 Å². The number of hydrogen-bond acceptors (Lipinski definition) is 1. The van der Waals surface area contributed by atoms with Crippen LogP contribution in [-0.4, -0.2) is 7.05 Å². The highest BCUT2D eigenvalue weighted by Crippen LogP contribution is 2.37. The number of halogens is 2. The molecule has 1 aliphatic carbocycles. The van der Waals surface area contributed by atoms with E-state index in [-0.39, 0.29) is 16.9 Å². The van der Waals surface area contributed by atoms with E-state index in [0.29, 0.717) is 5.92 Å². The molecule has 0 spiro atoms. The fraction of sp³-hybridized carbons (Fsp3) is 0.500. The van der Waals surface area contributed by atoms with Crippen molar-refractivity contribution in [2.24, 2.45) is 5.92 Å². The van der Waals surface area contributed by atoms with Crippen LogP contribution in [0.15, 0.2) is 18.2 Å². The molecule has 1 aromatic rings. The number of rotatable bonds is 3. The van der Waals surface area contributed by atoms with Gasteiger partial charge in [0.1, 0.15) is 5.82 Å². The zero-order chi connectivity index (χ0) is 10.8. The lowest BCUT2D eigenvalue weighted by Gasteiger charge is -2.34. The predicted octanol–water partition coefficient (Wildman–Crippen LogP) is 3.54. The van der Waals surface area contributed by atoms with E-state index in [1.165, 1.54) is 19.3 Å². The molecule has 1 nitrogen and oxygen atoms in total. The van der Waals surface area contributed by atoms with Gasteiger partial charge in [0.15, 0.2) is 0 Å². The van der Waals surface area contributed by atoms with Crippen molar-refractivity contribution in [1.82, 2.24) is 5.32 Å². The lowest BCUT2D eigenvalue weighted by Crippen LogP contribution is -2.29. The number of nitrogens with one attached hydrogen (secondary N) is 1. The molecule has 0 radical (unpaired) electrons.